The molecule has 2 heterocycles. The third-order valence-corrected chi connectivity index (χ3v) is 6.98. The third-order valence-electron chi connectivity index (χ3n) is 6.98. The molecule has 7 nitrogen and oxygen atoms in total. The van der Waals surface area contributed by atoms with Crippen molar-refractivity contribution in [3.8, 4) is 23.0 Å². The smallest absolute Gasteiger partial charge is 0.199 e. The van der Waals surface area contributed by atoms with Crippen molar-refractivity contribution < 1.29 is 33.6 Å². The second kappa shape index (κ2) is 11.9. The molecular weight excluding hydrogens is 484 g/mol. The molecule has 1 saturated heterocycles. The average Bonchev–Trinajstić information content (AvgIpc) is 2.94. The average molecular weight is 519 g/mol. The molecule has 4 unspecified atom stereocenters. The zero-order valence-electron chi connectivity index (χ0n) is 21.8. The van der Waals surface area contributed by atoms with Gasteiger partial charge in [-0.15, -0.1) is 0 Å². The van der Waals surface area contributed by atoms with Crippen molar-refractivity contribution in [2.24, 2.45) is 0 Å². The van der Waals surface area contributed by atoms with Crippen LogP contribution < -0.4 is 14.2 Å². The first kappa shape index (κ1) is 26.1. The van der Waals surface area contributed by atoms with Crippen molar-refractivity contribution in [1.29, 1.82) is 0 Å². The van der Waals surface area contributed by atoms with Crippen molar-refractivity contribution in [3.63, 3.8) is 0 Å². The Hall–Kier alpha value is -3.55. The van der Waals surface area contributed by atoms with E-state index in [2.05, 4.69) is 6.92 Å². The summed E-state index contributed by atoms with van der Waals surface area (Å²) in [5.41, 5.74) is 2.10. The number of hydrogen-bond donors (Lipinski definition) is 1. The van der Waals surface area contributed by atoms with E-state index in [-0.39, 0.29) is 24.1 Å². The lowest BCUT2D eigenvalue weighted by molar-refractivity contribution is -0.106. The van der Waals surface area contributed by atoms with E-state index in [9.17, 15) is 9.90 Å². The minimum absolute atomic E-state index is 0.0424. The molecule has 2 aliphatic rings. The summed E-state index contributed by atoms with van der Waals surface area (Å²) in [5, 5.41) is 9.84. The molecule has 2 aliphatic heterocycles. The number of phenolic OH excluding ortho intramolecular Hbond substituents is 1. The Morgan fingerprint density at radius 2 is 1.71 bits per heavy atom. The Morgan fingerprint density at radius 3 is 2.39 bits per heavy atom. The molecule has 1 fully saturated rings. The van der Waals surface area contributed by atoms with Gasteiger partial charge in [-0.3, -0.25) is 4.79 Å². The number of phenols is 1. The zero-order valence-corrected chi connectivity index (χ0v) is 21.8. The molecule has 7 heteroatoms. The topological polar surface area (TPSA) is 83.5 Å². The number of hydrogen-bond acceptors (Lipinski definition) is 7. The first-order valence-electron chi connectivity index (χ1n) is 13.3. The van der Waals surface area contributed by atoms with E-state index in [4.69, 9.17) is 23.7 Å². The van der Waals surface area contributed by atoms with Crippen molar-refractivity contribution >= 4 is 5.78 Å². The SMILES string of the molecule is CCCC(OC)Oc1ccc(C2C(=O)c3ccc(OC4CCCCO4)cc3OC2c2ccc(O)cc2)cc1. The van der Waals surface area contributed by atoms with Crippen molar-refractivity contribution in [3.05, 3.63) is 83.4 Å². The molecule has 3 aromatic carbocycles. The molecule has 5 rings (SSSR count). The van der Waals surface area contributed by atoms with Gasteiger partial charge in [-0.05, 0) is 60.4 Å². The van der Waals surface area contributed by atoms with E-state index in [1.54, 1.807) is 49.6 Å². The van der Waals surface area contributed by atoms with Gasteiger partial charge in [-0.2, -0.15) is 0 Å². The van der Waals surface area contributed by atoms with Gasteiger partial charge in [0.15, 0.2) is 18.4 Å². The fourth-order valence-electron chi connectivity index (χ4n) is 4.96. The van der Waals surface area contributed by atoms with Gasteiger partial charge in [-0.25, -0.2) is 0 Å². The first-order valence-corrected chi connectivity index (χ1v) is 13.3. The van der Waals surface area contributed by atoms with Crippen LogP contribution in [0.3, 0.4) is 0 Å². The van der Waals surface area contributed by atoms with Crippen LogP contribution in [0.5, 0.6) is 23.0 Å². The van der Waals surface area contributed by atoms with Crippen LogP contribution >= 0.6 is 0 Å². The van der Waals surface area contributed by atoms with Crippen LogP contribution in [-0.4, -0.2) is 37.2 Å². The molecule has 0 radical (unpaired) electrons. The highest BCUT2D eigenvalue weighted by atomic mass is 16.7. The first-order chi connectivity index (χ1) is 18.6. The molecule has 0 bridgehead atoms. The Bertz CT molecular complexity index is 1220. The number of benzene rings is 3. The monoisotopic (exact) mass is 518 g/mol. The van der Waals surface area contributed by atoms with E-state index < -0.39 is 12.0 Å². The molecule has 0 spiro atoms. The third kappa shape index (κ3) is 5.79. The van der Waals surface area contributed by atoms with Crippen LogP contribution in [0.2, 0.25) is 0 Å². The number of Topliss-reactive ketones (excluding diaryl/α,β-unsaturated/α-hetero) is 1. The summed E-state index contributed by atoms with van der Waals surface area (Å²) in [6, 6.07) is 19.6. The zero-order chi connectivity index (χ0) is 26.5. The van der Waals surface area contributed by atoms with E-state index in [0.717, 1.165) is 43.2 Å². The lowest BCUT2D eigenvalue weighted by Gasteiger charge is -2.34. The summed E-state index contributed by atoms with van der Waals surface area (Å²) >= 11 is 0. The van der Waals surface area contributed by atoms with Crippen molar-refractivity contribution in [2.45, 2.75) is 63.6 Å². The highest BCUT2D eigenvalue weighted by Crippen LogP contribution is 2.45. The Kier molecular flexibility index (Phi) is 8.15. The maximum atomic E-state index is 13.9. The Labute approximate surface area is 223 Å². The molecule has 0 aliphatic carbocycles. The maximum absolute atomic E-state index is 13.9. The van der Waals surface area contributed by atoms with Gasteiger partial charge in [-0.1, -0.05) is 37.6 Å². The number of aromatic hydroxyl groups is 1. The molecule has 1 N–H and O–H groups in total. The van der Waals surface area contributed by atoms with Crippen LogP contribution in [0.1, 0.15) is 72.5 Å². The highest BCUT2D eigenvalue weighted by Gasteiger charge is 2.39. The molecule has 0 saturated carbocycles. The fourth-order valence-corrected chi connectivity index (χ4v) is 4.96. The number of carbonyl (C=O) groups is 1. The van der Waals surface area contributed by atoms with Gasteiger partial charge < -0.3 is 28.8 Å². The molecule has 0 amide bonds. The predicted molar refractivity (Wildman–Crippen MR) is 142 cm³/mol. The van der Waals surface area contributed by atoms with Gasteiger partial charge in [0.2, 0.25) is 0 Å². The van der Waals surface area contributed by atoms with Gasteiger partial charge in [0.25, 0.3) is 0 Å². The largest absolute Gasteiger partial charge is 0.508 e. The van der Waals surface area contributed by atoms with Crippen LogP contribution in [-0.2, 0) is 9.47 Å². The number of methoxy groups -OCH3 is 1. The summed E-state index contributed by atoms with van der Waals surface area (Å²) in [4.78, 5) is 13.9. The fraction of sp³-hybridized carbons (Fsp3) is 0.387. The molecule has 200 valence electrons. The maximum Gasteiger partial charge on any atom is 0.199 e. The van der Waals surface area contributed by atoms with Gasteiger partial charge >= 0.3 is 0 Å². The quantitative estimate of drug-likeness (QED) is 0.322. The Morgan fingerprint density at radius 1 is 0.974 bits per heavy atom. The summed E-state index contributed by atoms with van der Waals surface area (Å²) in [6.45, 7) is 2.76. The number of ketones is 1. The number of rotatable bonds is 9. The van der Waals surface area contributed by atoms with E-state index >= 15 is 0 Å². The minimum Gasteiger partial charge on any atom is -0.508 e. The van der Waals surface area contributed by atoms with Crippen LogP contribution in [0.15, 0.2) is 66.7 Å². The number of ether oxygens (including phenoxy) is 5. The summed E-state index contributed by atoms with van der Waals surface area (Å²) < 4.78 is 29.6. The summed E-state index contributed by atoms with van der Waals surface area (Å²) in [6.07, 6.45) is 3.45. The highest BCUT2D eigenvalue weighted by molar-refractivity contribution is 6.04. The molecule has 3 aromatic rings. The number of fused-ring (bicyclic) bond motifs is 1. The predicted octanol–water partition coefficient (Wildman–Crippen LogP) is 6.55. The van der Waals surface area contributed by atoms with Crippen LogP contribution in [0.4, 0.5) is 0 Å². The molecule has 4 atom stereocenters. The summed E-state index contributed by atoms with van der Waals surface area (Å²) in [5.74, 6) is 1.28. The van der Waals surface area contributed by atoms with Gasteiger partial charge in [0.05, 0.1) is 18.1 Å². The van der Waals surface area contributed by atoms with E-state index in [1.807, 2.05) is 24.3 Å². The normalized spacial score (nSPS) is 21.7. The van der Waals surface area contributed by atoms with Crippen molar-refractivity contribution in [2.75, 3.05) is 13.7 Å². The van der Waals surface area contributed by atoms with Gasteiger partial charge in [0.1, 0.15) is 29.1 Å². The van der Waals surface area contributed by atoms with E-state index in [1.165, 1.54) is 0 Å². The van der Waals surface area contributed by atoms with Crippen LogP contribution in [0, 0.1) is 0 Å². The minimum atomic E-state index is -0.588. The van der Waals surface area contributed by atoms with E-state index in [0.29, 0.717) is 29.4 Å². The molecule has 0 aromatic heterocycles. The number of carbonyl (C=O) groups excluding carboxylic acids is 1. The van der Waals surface area contributed by atoms with Crippen LogP contribution in [0.25, 0.3) is 0 Å². The summed E-state index contributed by atoms with van der Waals surface area (Å²) in [7, 11) is 1.63. The Balaban J connectivity index is 1.44. The second-order valence-electron chi connectivity index (χ2n) is 9.68. The van der Waals surface area contributed by atoms with Gasteiger partial charge in [0, 0.05) is 26.0 Å². The molecular formula is C31H34O7. The standard InChI is InChI=1S/C31H34O7/c1-3-6-27(34-2)36-23-14-10-20(11-15-23)29-30(33)25-17-16-24(37-28-7-4-5-18-35-28)19-26(25)38-31(29)21-8-12-22(32)13-9-21/h8-17,19,27-29,31-32H,3-7,18H2,1-2H3. The lowest BCUT2D eigenvalue weighted by Crippen LogP contribution is -2.30. The van der Waals surface area contributed by atoms with Crippen molar-refractivity contribution in [1.82, 2.24) is 0 Å². The second-order valence-corrected chi connectivity index (χ2v) is 9.68. The lowest BCUT2D eigenvalue weighted by atomic mass is 9.81. The molecule has 38 heavy (non-hydrogen) atoms.